The summed E-state index contributed by atoms with van der Waals surface area (Å²) < 4.78 is 0. The van der Waals surface area contributed by atoms with Gasteiger partial charge in [-0.15, -0.1) is 6.58 Å². The molecule has 1 fully saturated rings. The number of nitrogens with zero attached hydrogens (tertiary/aromatic N) is 1. The second-order valence-corrected chi connectivity index (χ2v) is 2.92. The minimum atomic E-state index is 0.763. The molecule has 3 heteroatoms. The van der Waals surface area contributed by atoms with Crippen LogP contribution in [0.25, 0.3) is 0 Å². The highest BCUT2D eigenvalue weighted by Gasteiger charge is 2.11. The van der Waals surface area contributed by atoms with E-state index < -0.39 is 0 Å². The first-order valence-electron chi connectivity index (χ1n) is 3.05. The zero-order valence-corrected chi connectivity index (χ0v) is 6.16. The molecule has 0 radical (unpaired) electrons. The van der Waals surface area contributed by atoms with Crippen LogP contribution >= 0.6 is 11.8 Å². The van der Waals surface area contributed by atoms with Gasteiger partial charge in [0.15, 0.2) is 0 Å². The van der Waals surface area contributed by atoms with Gasteiger partial charge in [-0.05, 0) is 11.8 Å². The van der Waals surface area contributed by atoms with Crippen molar-refractivity contribution in [2.24, 2.45) is 4.99 Å². The largest absolute Gasteiger partial charge is 0.291 e. The van der Waals surface area contributed by atoms with Crippen LogP contribution in [0.1, 0.15) is 0 Å². The number of hydrogen-bond donors (Lipinski definition) is 1. The first-order valence-corrected chi connectivity index (χ1v) is 4.03. The molecule has 0 saturated carbocycles. The molecular weight excluding hydrogens is 132 g/mol. The number of aliphatic imine (C=N–C) groups is 1. The molecular formula is C6H11N2S+. The Morgan fingerprint density at radius 3 is 3.33 bits per heavy atom. The van der Waals surface area contributed by atoms with Gasteiger partial charge in [0.1, 0.15) is 0 Å². The third-order valence-corrected chi connectivity index (χ3v) is 2.09. The van der Waals surface area contributed by atoms with Crippen molar-refractivity contribution in [2.75, 3.05) is 18.8 Å². The molecule has 1 aliphatic rings. The highest BCUT2D eigenvalue weighted by atomic mass is 32.2. The van der Waals surface area contributed by atoms with Crippen molar-refractivity contribution in [3.05, 3.63) is 12.7 Å². The van der Waals surface area contributed by atoms with Crippen LogP contribution in [0, 0.1) is 0 Å². The highest BCUT2D eigenvalue weighted by molar-refractivity contribution is 8.13. The summed E-state index contributed by atoms with van der Waals surface area (Å²) in [7, 11) is 0. The van der Waals surface area contributed by atoms with Gasteiger partial charge in [0.05, 0.1) is 18.8 Å². The minimum absolute atomic E-state index is 0.763. The van der Waals surface area contributed by atoms with Gasteiger partial charge in [-0.3, -0.25) is 5.32 Å². The zero-order chi connectivity index (χ0) is 6.53. The molecule has 0 spiro atoms. The van der Waals surface area contributed by atoms with Crippen LogP contribution in [-0.2, 0) is 0 Å². The maximum absolute atomic E-state index is 4.25. The van der Waals surface area contributed by atoms with Crippen LogP contribution in [0.15, 0.2) is 17.6 Å². The van der Waals surface area contributed by atoms with Crippen LogP contribution in [0.3, 0.4) is 0 Å². The standard InChI is InChI=1S/C6H10N2S/c1-2-3-7-6-8-4-5-9-6/h2H,1,3-5H2,(H,7,8)/p+1. The summed E-state index contributed by atoms with van der Waals surface area (Å²) in [5.41, 5.74) is 0. The fourth-order valence-corrected chi connectivity index (χ4v) is 1.52. The Labute approximate surface area is 59.4 Å². The minimum Gasteiger partial charge on any atom is -0.291 e. The molecule has 1 aliphatic heterocycles. The second-order valence-electron chi connectivity index (χ2n) is 1.81. The summed E-state index contributed by atoms with van der Waals surface area (Å²) in [5, 5.41) is 3.36. The number of hydrogen-bond acceptors (Lipinski definition) is 2. The molecule has 0 aromatic heterocycles. The maximum atomic E-state index is 4.25. The van der Waals surface area contributed by atoms with Crippen molar-refractivity contribution in [3.63, 3.8) is 0 Å². The lowest BCUT2D eigenvalue weighted by Gasteiger charge is -1.85. The normalized spacial score (nSPS) is 22.9. The van der Waals surface area contributed by atoms with E-state index in [1.165, 1.54) is 17.5 Å². The van der Waals surface area contributed by atoms with E-state index in [1.54, 1.807) is 0 Å². The van der Waals surface area contributed by atoms with Crippen LogP contribution < -0.4 is 5.32 Å². The van der Waals surface area contributed by atoms with E-state index in [4.69, 9.17) is 0 Å². The lowest BCUT2D eigenvalue weighted by Crippen LogP contribution is -2.84. The number of quaternary nitrogens is 1. The number of nitrogens with two attached hydrogens (primary N) is 1. The Hall–Kier alpha value is -0.280. The lowest BCUT2D eigenvalue weighted by atomic mass is 10.6. The Balaban J connectivity index is 2.30. The Morgan fingerprint density at radius 1 is 1.89 bits per heavy atom. The molecule has 0 aliphatic carbocycles. The summed E-state index contributed by atoms with van der Waals surface area (Å²) in [6.07, 6.45) is 1.82. The molecule has 50 valence electrons. The molecule has 0 amide bonds. The smallest absolute Gasteiger partial charge is 0.256 e. The number of amidine groups is 1. The molecule has 2 N–H and O–H groups in total. The summed E-state index contributed by atoms with van der Waals surface area (Å²) in [6, 6.07) is 0. The van der Waals surface area contributed by atoms with E-state index in [2.05, 4.69) is 16.9 Å². The Bertz CT molecular complexity index is 123. The van der Waals surface area contributed by atoms with E-state index in [0.29, 0.717) is 0 Å². The number of rotatable bonds is 2. The molecule has 1 heterocycles. The van der Waals surface area contributed by atoms with Crippen molar-refractivity contribution < 1.29 is 5.32 Å². The summed E-state index contributed by atoms with van der Waals surface area (Å²) in [5.74, 6) is 1.20. The van der Waals surface area contributed by atoms with Crippen LogP contribution in [0.5, 0.6) is 0 Å². The van der Waals surface area contributed by atoms with Gasteiger partial charge in [0.25, 0.3) is 5.17 Å². The van der Waals surface area contributed by atoms with Gasteiger partial charge in [-0.1, -0.05) is 6.08 Å². The summed E-state index contributed by atoms with van der Waals surface area (Å²) >= 11 is 1.83. The predicted molar refractivity (Wildman–Crippen MR) is 41.7 cm³/mol. The summed E-state index contributed by atoms with van der Waals surface area (Å²) in [4.78, 5) is 4.25. The van der Waals surface area contributed by atoms with Gasteiger partial charge in [0.2, 0.25) is 0 Å². The molecule has 1 rings (SSSR count). The van der Waals surface area contributed by atoms with Gasteiger partial charge in [0, 0.05) is 0 Å². The van der Waals surface area contributed by atoms with Gasteiger partial charge in [-0.2, -0.15) is 0 Å². The van der Waals surface area contributed by atoms with Crippen LogP contribution in [0.2, 0.25) is 0 Å². The Kier molecular flexibility index (Phi) is 2.80. The third-order valence-electron chi connectivity index (χ3n) is 1.06. The van der Waals surface area contributed by atoms with Gasteiger partial charge in [-0.25, -0.2) is 4.99 Å². The molecule has 0 bridgehead atoms. The Morgan fingerprint density at radius 2 is 2.78 bits per heavy atom. The predicted octanol–water partition coefficient (Wildman–Crippen LogP) is -0.161. The van der Waals surface area contributed by atoms with E-state index >= 15 is 0 Å². The topological polar surface area (TPSA) is 29.0 Å². The average Bonchev–Trinajstić information content (AvgIpc) is 2.34. The third kappa shape index (κ3) is 2.20. The van der Waals surface area contributed by atoms with Crippen molar-refractivity contribution in [1.82, 2.24) is 0 Å². The van der Waals surface area contributed by atoms with Gasteiger partial charge < -0.3 is 0 Å². The average molecular weight is 143 g/mol. The SMILES string of the molecule is C=CCN=C1[NH2+]CCS1. The lowest BCUT2D eigenvalue weighted by molar-refractivity contribution is -0.524. The fourth-order valence-electron chi connectivity index (χ4n) is 0.670. The van der Waals surface area contributed by atoms with Crippen molar-refractivity contribution in [3.8, 4) is 0 Å². The zero-order valence-electron chi connectivity index (χ0n) is 5.34. The van der Waals surface area contributed by atoms with Crippen LogP contribution in [-0.4, -0.2) is 24.0 Å². The number of thioether (sulfide) groups is 1. The second kappa shape index (κ2) is 3.69. The van der Waals surface area contributed by atoms with Crippen molar-refractivity contribution >= 4 is 16.9 Å². The van der Waals surface area contributed by atoms with Crippen molar-refractivity contribution in [1.29, 1.82) is 0 Å². The van der Waals surface area contributed by atoms with E-state index in [9.17, 15) is 0 Å². The molecule has 1 saturated heterocycles. The highest BCUT2D eigenvalue weighted by Crippen LogP contribution is 2.00. The first-order chi connectivity index (χ1) is 4.43. The molecule has 9 heavy (non-hydrogen) atoms. The quantitative estimate of drug-likeness (QED) is 0.535. The van der Waals surface area contributed by atoms with E-state index in [1.807, 2.05) is 17.8 Å². The molecule has 0 unspecified atom stereocenters. The van der Waals surface area contributed by atoms with E-state index in [-0.39, 0.29) is 0 Å². The fraction of sp³-hybridized carbons (Fsp3) is 0.500. The van der Waals surface area contributed by atoms with Crippen molar-refractivity contribution in [2.45, 2.75) is 0 Å². The van der Waals surface area contributed by atoms with Crippen LogP contribution in [0.4, 0.5) is 0 Å². The molecule has 0 aromatic carbocycles. The van der Waals surface area contributed by atoms with E-state index in [0.717, 1.165) is 6.54 Å². The summed E-state index contributed by atoms with van der Waals surface area (Å²) in [6.45, 7) is 5.54. The monoisotopic (exact) mass is 143 g/mol. The first kappa shape index (κ1) is 6.83. The maximum Gasteiger partial charge on any atom is 0.256 e. The molecule has 2 nitrogen and oxygen atoms in total. The molecule has 0 aromatic rings. The van der Waals surface area contributed by atoms with Gasteiger partial charge >= 0.3 is 0 Å². The molecule has 0 atom stereocenters.